The summed E-state index contributed by atoms with van der Waals surface area (Å²) in [6, 6.07) is 7.14. The second kappa shape index (κ2) is 13.8. The van der Waals surface area contributed by atoms with Crippen molar-refractivity contribution in [3.63, 3.8) is 0 Å². The molecule has 1 aromatic carbocycles. The molecule has 2 amide bonds. The minimum absolute atomic E-state index is 0.125. The van der Waals surface area contributed by atoms with Crippen molar-refractivity contribution in [2.24, 2.45) is 0 Å². The van der Waals surface area contributed by atoms with Crippen LogP contribution in [-0.2, 0) is 4.74 Å². The first-order valence-corrected chi connectivity index (χ1v) is 16.1. The quantitative estimate of drug-likeness (QED) is 0.149. The van der Waals surface area contributed by atoms with Crippen molar-refractivity contribution in [3.05, 3.63) is 35.4 Å². The molecule has 0 radical (unpaired) electrons. The molecule has 2 rings (SSSR count). The van der Waals surface area contributed by atoms with E-state index in [0.29, 0.717) is 17.7 Å². The predicted octanol–water partition coefficient (Wildman–Crippen LogP) is 6.86. The first kappa shape index (κ1) is 25.8. The van der Waals surface area contributed by atoms with E-state index >= 15 is 0 Å². The van der Waals surface area contributed by atoms with Gasteiger partial charge in [0.15, 0.2) is 0 Å². The largest absolute Gasteiger partial charge is 0.385 e. The first-order valence-electron chi connectivity index (χ1n) is 12.4. The predicted molar refractivity (Wildman–Crippen MR) is 131 cm³/mol. The molecule has 1 aliphatic heterocycles. The molecule has 31 heavy (non-hydrogen) atoms. The number of carbonyl (C=O) groups is 2. The van der Waals surface area contributed by atoms with E-state index in [4.69, 9.17) is 4.74 Å². The molecule has 0 N–H and O–H groups in total. The van der Waals surface area contributed by atoms with Crippen LogP contribution in [0.3, 0.4) is 0 Å². The normalized spacial score (nSPS) is 13.8. The Morgan fingerprint density at radius 1 is 0.677 bits per heavy atom. The minimum Gasteiger partial charge on any atom is -0.385 e. The zero-order valence-corrected chi connectivity index (χ0v) is 21.1. The lowest BCUT2D eigenvalue weighted by Crippen LogP contribution is -2.30. The van der Waals surface area contributed by atoms with Gasteiger partial charge < -0.3 is 4.74 Å². The van der Waals surface area contributed by atoms with Gasteiger partial charge in [-0.15, -0.1) is 0 Å². The van der Waals surface area contributed by atoms with Gasteiger partial charge in [-0.2, -0.15) is 0 Å². The average Bonchev–Trinajstić information content (AvgIpc) is 2.97. The fraction of sp³-hybridized carbons (Fsp3) is 0.692. The average molecular weight is 446 g/mol. The van der Waals surface area contributed by atoms with E-state index in [1.165, 1.54) is 69.1 Å². The van der Waals surface area contributed by atoms with Gasteiger partial charge in [0.1, 0.15) is 0 Å². The van der Waals surface area contributed by atoms with Gasteiger partial charge in [-0.1, -0.05) is 96.0 Å². The third kappa shape index (κ3) is 9.69. The number of hydrogen-bond donors (Lipinski definition) is 0. The smallest absolute Gasteiger partial charge is 0.261 e. The molecule has 174 valence electrons. The number of hydrogen-bond acceptors (Lipinski definition) is 3. The first-order chi connectivity index (χ1) is 14.9. The Labute approximate surface area is 190 Å². The van der Waals surface area contributed by atoms with E-state index in [0.717, 1.165) is 25.7 Å². The van der Waals surface area contributed by atoms with Crippen molar-refractivity contribution in [1.29, 1.82) is 0 Å². The van der Waals surface area contributed by atoms with Crippen molar-refractivity contribution in [2.75, 3.05) is 19.4 Å². The van der Waals surface area contributed by atoms with Gasteiger partial charge >= 0.3 is 0 Å². The number of nitrogens with zero attached hydrogens (tertiary/aromatic N) is 1. The van der Waals surface area contributed by atoms with Crippen molar-refractivity contribution >= 4 is 19.9 Å². The zero-order valence-electron chi connectivity index (χ0n) is 20.1. The standard InChI is InChI=1S/C26H43NO3Si/c1-31(2,3)22-30-21-17-13-11-9-7-5-4-6-8-10-12-16-20-27-25(28)23-18-14-15-19-24(23)26(27)29/h14-15,18-19H,4-13,16-17,20-22H2,1-3H3. The van der Waals surface area contributed by atoms with Gasteiger partial charge in [-0.25, -0.2) is 0 Å². The molecule has 1 aliphatic rings. The van der Waals surface area contributed by atoms with Gasteiger partial charge in [-0.05, 0) is 25.0 Å². The van der Waals surface area contributed by atoms with E-state index in [9.17, 15) is 9.59 Å². The van der Waals surface area contributed by atoms with Crippen LogP contribution in [-0.4, -0.2) is 44.2 Å². The molecule has 1 heterocycles. The van der Waals surface area contributed by atoms with E-state index in [1.807, 2.05) is 12.1 Å². The van der Waals surface area contributed by atoms with Crippen LogP contribution in [0, 0.1) is 0 Å². The van der Waals surface area contributed by atoms with Crippen LogP contribution in [0.2, 0.25) is 19.6 Å². The highest BCUT2D eigenvalue weighted by Crippen LogP contribution is 2.23. The van der Waals surface area contributed by atoms with Gasteiger partial charge in [0.2, 0.25) is 0 Å². The molecule has 0 spiro atoms. The highest BCUT2D eigenvalue weighted by molar-refractivity contribution is 6.76. The van der Waals surface area contributed by atoms with Crippen LogP contribution >= 0.6 is 0 Å². The van der Waals surface area contributed by atoms with E-state index < -0.39 is 8.07 Å². The summed E-state index contributed by atoms with van der Waals surface area (Å²) >= 11 is 0. The molecule has 0 saturated heterocycles. The van der Waals surface area contributed by atoms with E-state index in [2.05, 4.69) is 19.6 Å². The molecule has 5 heteroatoms. The molecule has 0 fully saturated rings. The molecule has 4 nitrogen and oxygen atoms in total. The molecule has 1 aromatic rings. The van der Waals surface area contributed by atoms with Crippen molar-refractivity contribution in [3.8, 4) is 0 Å². The van der Waals surface area contributed by atoms with Crippen molar-refractivity contribution in [1.82, 2.24) is 4.90 Å². The monoisotopic (exact) mass is 445 g/mol. The highest BCUT2D eigenvalue weighted by atomic mass is 28.3. The minimum atomic E-state index is -1.04. The number of unbranched alkanes of at least 4 members (excludes halogenated alkanes) is 11. The Morgan fingerprint density at radius 3 is 1.55 bits per heavy atom. The maximum Gasteiger partial charge on any atom is 0.261 e. The summed E-state index contributed by atoms with van der Waals surface area (Å²) in [4.78, 5) is 26.1. The molecular weight excluding hydrogens is 402 g/mol. The van der Waals surface area contributed by atoms with E-state index in [-0.39, 0.29) is 11.8 Å². The lowest BCUT2D eigenvalue weighted by molar-refractivity contribution is 0.0651. The second-order valence-corrected chi connectivity index (χ2v) is 15.6. The Balaban J connectivity index is 1.35. The van der Waals surface area contributed by atoms with Gasteiger partial charge in [0.05, 0.1) is 19.2 Å². The van der Waals surface area contributed by atoms with Gasteiger partial charge in [-0.3, -0.25) is 14.5 Å². The number of carbonyl (C=O) groups excluding carboxylic acids is 2. The fourth-order valence-corrected chi connectivity index (χ4v) is 4.82. The summed E-state index contributed by atoms with van der Waals surface area (Å²) in [5.41, 5.74) is 1.12. The number of ether oxygens (including phenoxy) is 1. The highest BCUT2D eigenvalue weighted by Gasteiger charge is 2.34. The van der Waals surface area contributed by atoms with Crippen LogP contribution in [0.1, 0.15) is 97.8 Å². The third-order valence-electron chi connectivity index (χ3n) is 5.83. The topological polar surface area (TPSA) is 46.6 Å². The summed E-state index contributed by atoms with van der Waals surface area (Å²) in [7, 11) is -1.04. The second-order valence-electron chi connectivity index (χ2n) is 10.2. The molecule has 0 bridgehead atoms. The number of benzene rings is 1. The maximum absolute atomic E-state index is 12.3. The Hall–Kier alpha value is -1.46. The molecule has 0 saturated carbocycles. The Kier molecular flexibility index (Phi) is 11.5. The lowest BCUT2D eigenvalue weighted by Gasteiger charge is -2.15. The number of rotatable bonds is 17. The van der Waals surface area contributed by atoms with E-state index in [1.54, 1.807) is 12.1 Å². The molecule has 0 atom stereocenters. The summed E-state index contributed by atoms with van der Waals surface area (Å²) in [6.45, 7) is 8.55. The number of fused-ring (bicyclic) bond motifs is 1. The maximum atomic E-state index is 12.3. The molecule has 0 unspecified atom stereocenters. The molecule has 0 aromatic heterocycles. The van der Waals surface area contributed by atoms with Crippen molar-refractivity contribution < 1.29 is 14.3 Å². The van der Waals surface area contributed by atoms with Crippen LogP contribution in [0.15, 0.2) is 24.3 Å². The van der Waals surface area contributed by atoms with Crippen LogP contribution in [0.25, 0.3) is 0 Å². The summed E-state index contributed by atoms with van der Waals surface area (Å²) in [5.74, 6) is -0.251. The third-order valence-corrected chi connectivity index (χ3v) is 6.90. The Bertz CT molecular complexity index is 648. The zero-order chi connectivity index (χ0) is 22.5. The van der Waals surface area contributed by atoms with Gasteiger partial charge in [0, 0.05) is 19.4 Å². The summed E-state index contributed by atoms with van der Waals surface area (Å²) in [6.07, 6.45) is 16.0. The van der Waals surface area contributed by atoms with Crippen LogP contribution < -0.4 is 0 Å². The van der Waals surface area contributed by atoms with Crippen LogP contribution in [0.4, 0.5) is 0 Å². The van der Waals surface area contributed by atoms with Crippen molar-refractivity contribution in [2.45, 2.75) is 96.7 Å². The Morgan fingerprint density at radius 2 is 1.10 bits per heavy atom. The fourth-order valence-electron chi connectivity index (χ4n) is 4.06. The molecule has 0 aliphatic carbocycles. The van der Waals surface area contributed by atoms with Crippen LogP contribution in [0.5, 0.6) is 0 Å². The summed E-state index contributed by atoms with van der Waals surface area (Å²) in [5, 5.41) is 0. The number of imide groups is 1. The number of amides is 2. The van der Waals surface area contributed by atoms with Gasteiger partial charge in [0.25, 0.3) is 11.8 Å². The summed E-state index contributed by atoms with van der Waals surface area (Å²) < 4.78 is 5.78. The molecular formula is C26H43NO3Si. The lowest BCUT2D eigenvalue weighted by atomic mass is 10.1. The SMILES string of the molecule is C[Si](C)(C)COCCCCCCCCCCCCCCN1C(=O)c2ccccc2C1=O.